The van der Waals surface area contributed by atoms with Gasteiger partial charge in [0, 0.05) is 11.0 Å². The molecule has 0 atom stereocenters. The number of alkyl halides is 1. The maximum Gasteiger partial charge on any atom is 0.0701 e. The summed E-state index contributed by atoms with van der Waals surface area (Å²) in [6.45, 7) is 8.98. The van der Waals surface area contributed by atoms with Crippen LogP contribution in [0, 0.1) is 0 Å². The number of hydrogen-bond acceptors (Lipinski definition) is 5. The minimum absolute atomic E-state index is 0.603. The molecule has 206 valence electrons. The van der Waals surface area contributed by atoms with Gasteiger partial charge in [0.1, 0.15) is 0 Å². The summed E-state index contributed by atoms with van der Waals surface area (Å²) in [5, 5.41) is 0. The van der Waals surface area contributed by atoms with E-state index in [0.29, 0.717) is 52.9 Å². The Labute approximate surface area is 225 Å². The van der Waals surface area contributed by atoms with Crippen molar-refractivity contribution in [1.29, 1.82) is 0 Å². The summed E-state index contributed by atoms with van der Waals surface area (Å²) >= 11 is 2.30. The first-order chi connectivity index (χ1) is 16.9. The molecular weight excluding hydrogens is 543 g/mol. The second-order valence-corrected chi connectivity index (χ2v) is 10.1. The first kappa shape index (κ1) is 34.5. The highest BCUT2D eigenvalue weighted by Gasteiger charge is 1.96. The largest absolute Gasteiger partial charge is 0.379 e. The summed E-state index contributed by atoms with van der Waals surface area (Å²) < 4.78 is 28.4. The molecule has 0 aliphatic carbocycles. The fourth-order valence-corrected chi connectivity index (χ4v) is 4.10. The molecule has 0 heterocycles. The highest BCUT2D eigenvalue weighted by Crippen LogP contribution is 2.13. The lowest BCUT2D eigenvalue weighted by Crippen LogP contribution is -2.13. The van der Waals surface area contributed by atoms with Crippen LogP contribution in [-0.2, 0) is 23.7 Å². The summed E-state index contributed by atoms with van der Waals surface area (Å²) in [7, 11) is 0. The molecule has 6 heteroatoms. The summed E-state index contributed by atoms with van der Waals surface area (Å²) in [6, 6.07) is 0. The van der Waals surface area contributed by atoms with Gasteiger partial charge in [-0.15, -0.1) is 0 Å². The molecule has 0 saturated carbocycles. The van der Waals surface area contributed by atoms with Crippen molar-refractivity contribution in [1.82, 2.24) is 0 Å². The average Bonchev–Trinajstić information content (AvgIpc) is 2.85. The lowest BCUT2D eigenvalue weighted by atomic mass is 10.0. The van der Waals surface area contributed by atoms with Crippen LogP contribution in [0.15, 0.2) is 0 Å². The van der Waals surface area contributed by atoms with E-state index in [0.717, 1.165) is 17.6 Å². The standard InChI is InChI=1S/C28H57IO5/c1-2-3-4-5-6-7-8-9-10-11-12-13-14-15-16-17-19-30-21-23-32-25-27-34-28-26-33-24-22-31-20-18-29/h2-28H2,1H3. The zero-order valence-electron chi connectivity index (χ0n) is 22.5. The molecule has 0 radical (unpaired) electrons. The van der Waals surface area contributed by atoms with E-state index < -0.39 is 0 Å². The molecule has 5 nitrogen and oxygen atoms in total. The minimum atomic E-state index is 0.603. The molecule has 0 aromatic carbocycles. The number of rotatable bonds is 31. The van der Waals surface area contributed by atoms with Crippen LogP contribution in [0.2, 0.25) is 0 Å². The third kappa shape index (κ3) is 32.5. The van der Waals surface area contributed by atoms with Gasteiger partial charge >= 0.3 is 0 Å². The molecule has 0 N–H and O–H groups in total. The number of halogens is 1. The SMILES string of the molecule is CCCCCCCCCCCCCCCCCCOCCOCCOCCOCCOCCI. The molecule has 0 unspecified atom stereocenters. The molecule has 0 fully saturated rings. The van der Waals surface area contributed by atoms with Crippen molar-refractivity contribution in [2.24, 2.45) is 0 Å². The smallest absolute Gasteiger partial charge is 0.0701 e. The number of hydrogen-bond donors (Lipinski definition) is 0. The maximum absolute atomic E-state index is 5.65. The van der Waals surface area contributed by atoms with Gasteiger partial charge in [-0.05, 0) is 6.42 Å². The third-order valence-electron chi connectivity index (χ3n) is 5.85. The van der Waals surface area contributed by atoms with E-state index in [4.69, 9.17) is 23.7 Å². The van der Waals surface area contributed by atoms with E-state index in [1.165, 1.54) is 103 Å². The van der Waals surface area contributed by atoms with Gasteiger partial charge in [0.25, 0.3) is 0 Å². The Morgan fingerprint density at radius 3 is 0.912 bits per heavy atom. The molecule has 0 aromatic heterocycles. The van der Waals surface area contributed by atoms with Crippen molar-refractivity contribution >= 4 is 22.6 Å². The van der Waals surface area contributed by atoms with Crippen LogP contribution in [0.1, 0.15) is 110 Å². The lowest BCUT2D eigenvalue weighted by molar-refractivity contribution is -0.0102. The molecule has 34 heavy (non-hydrogen) atoms. The van der Waals surface area contributed by atoms with Crippen molar-refractivity contribution in [2.75, 3.05) is 70.5 Å². The van der Waals surface area contributed by atoms with Gasteiger partial charge in [-0.2, -0.15) is 0 Å². The van der Waals surface area contributed by atoms with E-state index in [1.54, 1.807) is 0 Å². The summed E-state index contributed by atoms with van der Waals surface area (Å²) in [5.41, 5.74) is 0. The van der Waals surface area contributed by atoms with Crippen molar-refractivity contribution in [3.05, 3.63) is 0 Å². The van der Waals surface area contributed by atoms with Gasteiger partial charge in [0.15, 0.2) is 0 Å². The molecule has 0 spiro atoms. The normalized spacial score (nSPS) is 11.5. The molecule has 0 rings (SSSR count). The Hall–Kier alpha value is 0.530. The van der Waals surface area contributed by atoms with Gasteiger partial charge < -0.3 is 23.7 Å². The van der Waals surface area contributed by atoms with Crippen LogP contribution < -0.4 is 0 Å². The van der Waals surface area contributed by atoms with Gasteiger partial charge in [-0.3, -0.25) is 0 Å². The van der Waals surface area contributed by atoms with Crippen molar-refractivity contribution < 1.29 is 23.7 Å². The van der Waals surface area contributed by atoms with E-state index >= 15 is 0 Å². The van der Waals surface area contributed by atoms with Crippen LogP contribution >= 0.6 is 22.6 Å². The molecule has 0 amide bonds. The summed E-state index contributed by atoms with van der Waals surface area (Å²) in [4.78, 5) is 0. The Morgan fingerprint density at radius 2 is 0.588 bits per heavy atom. The predicted octanol–water partition coefficient (Wildman–Crippen LogP) is 7.77. The van der Waals surface area contributed by atoms with E-state index in [-0.39, 0.29) is 0 Å². The second kappa shape index (κ2) is 33.5. The highest BCUT2D eigenvalue weighted by molar-refractivity contribution is 14.1. The fraction of sp³-hybridized carbons (Fsp3) is 1.00. The van der Waals surface area contributed by atoms with Crippen LogP contribution in [0.4, 0.5) is 0 Å². The van der Waals surface area contributed by atoms with Crippen molar-refractivity contribution in [3.8, 4) is 0 Å². The zero-order valence-corrected chi connectivity index (χ0v) is 24.7. The summed E-state index contributed by atoms with van der Waals surface area (Å²) in [6.07, 6.45) is 22.4. The topological polar surface area (TPSA) is 46.2 Å². The Morgan fingerprint density at radius 1 is 0.324 bits per heavy atom. The predicted molar refractivity (Wildman–Crippen MR) is 153 cm³/mol. The molecule has 0 aliphatic heterocycles. The first-order valence-corrected chi connectivity index (χ1v) is 15.9. The molecule has 0 saturated heterocycles. The molecular formula is C28H57IO5. The number of unbranched alkanes of at least 4 members (excludes halogenated alkanes) is 15. The molecule has 0 aliphatic rings. The van der Waals surface area contributed by atoms with Crippen molar-refractivity contribution in [2.45, 2.75) is 110 Å². The monoisotopic (exact) mass is 600 g/mol. The van der Waals surface area contributed by atoms with E-state index in [1.807, 2.05) is 0 Å². The minimum Gasteiger partial charge on any atom is -0.379 e. The quantitative estimate of drug-likeness (QED) is 0.0462. The Bertz CT molecular complexity index is 315. The first-order valence-electron chi connectivity index (χ1n) is 14.4. The van der Waals surface area contributed by atoms with Crippen LogP contribution in [0.5, 0.6) is 0 Å². The van der Waals surface area contributed by atoms with Gasteiger partial charge in [0.2, 0.25) is 0 Å². The third-order valence-corrected chi connectivity index (χ3v) is 6.29. The number of ether oxygens (including phenoxy) is 5. The summed E-state index contributed by atoms with van der Waals surface area (Å²) in [5.74, 6) is 0. The van der Waals surface area contributed by atoms with Gasteiger partial charge in [-0.1, -0.05) is 126 Å². The fourth-order valence-electron chi connectivity index (χ4n) is 3.79. The maximum atomic E-state index is 5.65. The van der Waals surface area contributed by atoms with Gasteiger partial charge in [-0.25, -0.2) is 0 Å². The molecule has 0 bridgehead atoms. The zero-order chi connectivity index (χ0) is 24.6. The van der Waals surface area contributed by atoms with Crippen LogP contribution in [0.25, 0.3) is 0 Å². The van der Waals surface area contributed by atoms with Crippen molar-refractivity contribution in [3.63, 3.8) is 0 Å². The van der Waals surface area contributed by atoms with E-state index in [9.17, 15) is 0 Å². The highest BCUT2D eigenvalue weighted by atomic mass is 127. The lowest BCUT2D eigenvalue weighted by Gasteiger charge is -2.08. The Balaban J connectivity index is 2.99. The second-order valence-electron chi connectivity index (χ2n) is 9.05. The average molecular weight is 601 g/mol. The van der Waals surface area contributed by atoms with E-state index in [2.05, 4.69) is 29.5 Å². The molecule has 0 aromatic rings. The Kier molecular flexibility index (Phi) is 34.1. The van der Waals surface area contributed by atoms with Crippen LogP contribution in [0.3, 0.4) is 0 Å². The van der Waals surface area contributed by atoms with Gasteiger partial charge in [0.05, 0.1) is 59.5 Å². The van der Waals surface area contributed by atoms with Crippen LogP contribution in [-0.4, -0.2) is 70.5 Å².